The first-order valence-corrected chi connectivity index (χ1v) is 7.07. The van der Waals surface area contributed by atoms with Crippen LogP contribution in [-0.2, 0) is 19.4 Å². The van der Waals surface area contributed by atoms with Crippen LogP contribution in [0, 0.1) is 0 Å². The van der Waals surface area contributed by atoms with E-state index in [0.717, 1.165) is 55.7 Å². The number of hydrogen-bond acceptors (Lipinski definition) is 4. The third-order valence-corrected chi connectivity index (χ3v) is 4.15. The Hall–Kier alpha value is -2.18. The Labute approximate surface area is 115 Å². The molecule has 0 fully saturated rings. The molecule has 2 aromatic heterocycles. The van der Waals surface area contributed by atoms with E-state index >= 15 is 0 Å². The molecule has 0 aromatic carbocycles. The molecule has 2 aliphatic rings. The minimum absolute atomic E-state index is 0.0625. The summed E-state index contributed by atoms with van der Waals surface area (Å²) in [7, 11) is 0. The van der Waals surface area contributed by atoms with Crippen molar-refractivity contribution in [1.29, 1.82) is 0 Å². The van der Waals surface area contributed by atoms with Gasteiger partial charge in [-0.15, -0.1) is 0 Å². The molecular formula is C13H16N6O. The number of fused-ring (bicyclic) bond motifs is 2. The maximum atomic E-state index is 12.4. The fourth-order valence-electron chi connectivity index (χ4n) is 3.16. The van der Waals surface area contributed by atoms with Crippen molar-refractivity contribution in [3.63, 3.8) is 0 Å². The fourth-order valence-corrected chi connectivity index (χ4v) is 3.16. The molecule has 2 aromatic rings. The van der Waals surface area contributed by atoms with Crippen molar-refractivity contribution in [2.75, 3.05) is 0 Å². The summed E-state index contributed by atoms with van der Waals surface area (Å²) in [6.07, 6.45) is 6.48. The van der Waals surface area contributed by atoms with Crippen LogP contribution >= 0.6 is 0 Å². The van der Waals surface area contributed by atoms with Gasteiger partial charge >= 0.3 is 0 Å². The van der Waals surface area contributed by atoms with Crippen molar-refractivity contribution in [3.8, 4) is 0 Å². The normalized spacial score (nSPS) is 20.5. The Morgan fingerprint density at radius 2 is 2.35 bits per heavy atom. The van der Waals surface area contributed by atoms with Gasteiger partial charge in [0.1, 0.15) is 12.2 Å². The molecule has 4 rings (SSSR count). The molecule has 0 bridgehead atoms. The topological polar surface area (TPSA) is 88.5 Å². The summed E-state index contributed by atoms with van der Waals surface area (Å²) in [5.41, 5.74) is 2.75. The summed E-state index contributed by atoms with van der Waals surface area (Å²) in [6.45, 7) is 0.875. The van der Waals surface area contributed by atoms with Crippen molar-refractivity contribution in [1.82, 2.24) is 30.3 Å². The van der Waals surface area contributed by atoms with Gasteiger partial charge in [-0.2, -0.15) is 10.2 Å². The lowest BCUT2D eigenvalue weighted by molar-refractivity contribution is 0.0921. The molecule has 1 aliphatic carbocycles. The zero-order chi connectivity index (χ0) is 13.5. The number of amides is 1. The van der Waals surface area contributed by atoms with Gasteiger partial charge in [0, 0.05) is 17.8 Å². The van der Waals surface area contributed by atoms with Crippen LogP contribution in [0.25, 0.3) is 0 Å². The van der Waals surface area contributed by atoms with Crippen LogP contribution in [0.4, 0.5) is 0 Å². The molecule has 1 amide bonds. The molecular weight excluding hydrogens is 256 g/mol. The van der Waals surface area contributed by atoms with E-state index < -0.39 is 0 Å². The molecule has 0 unspecified atom stereocenters. The van der Waals surface area contributed by atoms with Gasteiger partial charge in [-0.3, -0.25) is 9.89 Å². The van der Waals surface area contributed by atoms with E-state index in [0.29, 0.717) is 5.69 Å². The first kappa shape index (κ1) is 11.6. The number of nitrogens with zero attached hydrogens (tertiary/aromatic N) is 4. The molecule has 1 aliphatic heterocycles. The van der Waals surface area contributed by atoms with Gasteiger partial charge in [-0.1, -0.05) is 0 Å². The largest absolute Gasteiger partial charge is 0.341 e. The van der Waals surface area contributed by atoms with Crippen LogP contribution in [0.3, 0.4) is 0 Å². The molecule has 104 valence electrons. The number of carbonyl (C=O) groups is 1. The highest BCUT2D eigenvalue weighted by Gasteiger charge is 2.28. The zero-order valence-electron chi connectivity index (χ0n) is 11.1. The number of hydrogen-bond donors (Lipinski definition) is 2. The number of rotatable bonds is 2. The van der Waals surface area contributed by atoms with Gasteiger partial charge in [0.05, 0.1) is 6.04 Å². The molecule has 0 radical (unpaired) electrons. The van der Waals surface area contributed by atoms with Crippen LogP contribution in [0.15, 0.2) is 6.33 Å². The summed E-state index contributed by atoms with van der Waals surface area (Å²) < 4.78 is 1.86. The second kappa shape index (κ2) is 4.43. The fraction of sp³-hybridized carbons (Fsp3) is 0.538. The predicted octanol–water partition coefficient (Wildman–Crippen LogP) is 0.755. The van der Waals surface area contributed by atoms with E-state index in [2.05, 4.69) is 25.6 Å². The third kappa shape index (κ3) is 1.73. The quantitative estimate of drug-likeness (QED) is 0.844. The van der Waals surface area contributed by atoms with Crippen molar-refractivity contribution >= 4 is 5.91 Å². The van der Waals surface area contributed by atoms with Gasteiger partial charge < -0.3 is 5.32 Å². The van der Waals surface area contributed by atoms with E-state index in [1.165, 1.54) is 0 Å². The summed E-state index contributed by atoms with van der Waals surface area (Å²) >= 11 is 0. The second-order valence-electron chi connectivity index (χ2n) is 5.39. The van der Waals surface area contributed by atoms with Crippen LogP contribution in [0.2, 0.25) is 0 Å². The molecule has 0 saturated carbocycles. The molecule has 7 nitrogen and oxygen atoms in total. The average molecular weight is 272 g/mol. The van der Waals surface area contributed by atoms with Crippen molar-refractivity contribution in [3.05, 3.63) is 29.1 Å². The monoisotopic (exact) mass is 272 g/mol. The number of aromatic amines is 1. The number of H-pyrrole nitrogens is 1. The number of nitrogens with one attached hydrogen (secondary N) is 2. The van der Waals surface area contributed by atoms with Gasteiger partial charge in [-0.05, 0) is 32.1 Å². The van der Waals surface area contributed by atoms with Crippen molar-refractivity contribution in [2.45, 2.75) is 44.7 Å². The molecule has 7 heteroatoms. The lowest BCUT2D eigenvalue weighted by Crippen LogP contribution is -2.33. The highest BCUT2D eigenvalue weighted by Crippen LogP contribution is 2.25. The van der Waals surface area contributed by atoms with Crippen LogP contribution < -0.4 is 5.32 Å². The predicted molar refractivity (Wildman–Crippen MR) is 70.1 cm³/mol. The molecule has 1 atom stereocenters. The average Bonchev–Trinajstić information content (AvgIpc) is 3.14. The molecule has 3 heterocycles. The molecule has 0 saturated heterocycles. The molecule has 0 spiro atoms. The highest BCUT2D eigenvalue weighted by molar-refractivity contribution is 5.94. The summed E-state index contributed by atoms with van der Waals surface area (Å²) in [4.78, 5) is 16.7. The van der Waals surface area contributed by atoms with E-state index in [1.54, 1.807) is 6.33 Å². The SMILES string of the molecule is O=C(N[C@@H]1CCCn2ncnc21)c1n[nH]c2c1CCC2. The van der Waals surface area contributed by atoms with Crippen molar-refractivity contribution in [2.24, 2.45) is 0 Å². The standard InChI is InChI=1S/C13H16N6O/c20-13(11-8-3-1-4-9(8)17-18-11)16-10-5-2-6-19-12(10)14-7-15-19/h7,10H,1-6H2,(H,16,20)(H,17,18)/t10-/m1/s1. The lowest BCUT2D eigenvalue weighted by atomic mass is 10.1. The Morgan fingerprint density at radius 3 is 3.30 bits per heavy atom. The summed E-state index contributed by atoms with van der Waals surface area (Å²) in [6, 6.07) is -0.0625. The number of aromatic nitrogens is 5. The van der Waals surface area contributed by atoms with Crippen LogP contribution in [-0.4, -0.2) is 30.9 Å². The molecule has 20 heavy (non-hydrogen) atoms. The Bertz CT molecular complexity index is 658. The Balaban J connectivity index is 1.57. The summed E-state index contributed by atoms with van der Waals surface area (Å²) in [5, 5.41) is 14.4. The first-order valence-electron chi connectivity index (χ1n) is 7.07. The number of carbonyl (C=O) groups excluding carboxylic acids is 1. The lowest BCUT2D eigenvalue weighted by Gasteiger charge is -2.22. The maximum Gasteiger partial charge on any atom is 0.272 e. The van der Waals surface area contributed by atoms with E-state index in [4.69, 9.17) is 0 Å². The van der Waals surface area contributed by atoms with E-state index in [-0.39, 0.29) is 11.9 Å². The minimum atomic E-state index is -0.106. The number of aryl methyl sites for hydroxylation is 2. The highest BCUT2D eigenvalue weighted by atomic mass is 16.2. The Kier molecular flexibility index (Phi) is 2.58. The van der Waals surface area contributed by atoms with Gasteiger partial charge in [0.2, 0.25) is 0 Å². The summed E-state index contributed by atoms with van der Waals surface area (Å²) in [5.74, 6) is 0.739. The van der Waals surface area contributed by atoms with Gasteiger partial charge in [0.15, 0.2) is 5.69 Å². The first-order chi connectivity index (χ1) is 9.83. The van der Waals surface area contributed by atoms with Crippen LogP contribution in [0.5, 0.6) is 0 Å². The van der Waals surface area contributed by atoms with E-state index in [1.807, 2.05) is 4.68 Å². The van der Waals surface area contributed by atoms with Crippen LogP contribution in [0.1, 0.15) is 52.9 Å². The zero-order valence-corrected chi connectivity index (χ0v) is 11.1. The molecule has 2 N–H and O–H groups in total. The second-order valence-corrected chi connectivity index (χ2v) is 5.39. The van der Waals surface area contributed by atoms with Crippen molar-refractivity contribution < 1.29 is 4.79 Å². The smallest absolute Gasteiger partial charge is 0.272 e. The third-order valence-electron chi connectivity index (χ3n) is 4.15. The van der Waals surface area contributed by atoms with Gasteiger partial charge in [-0.25, -0.2) is 9.67 Å². The minimum Gasteiger partial charge on any atom is -0.341 e. The maximum absolute atomic E-state index is 12.4. The Morgan fingerprint density at radius 1 is 1.40 bits per heavy atom. The van der Waals surface area contributed by atoms with Gasteiger partial charge in [0.25, 0.3) is 5.91 Å². The van der Waals surface area contributed by atoms with E-state index in [9.17, 15) is 4.79 Å².